The summed E-state index contributed by atoms with van der Waals surface area (Å²) in [5.41, 5.74) is 2.26. The summed E-state index contributed by atoms with van der Waals surface area (Å²) in [4.78, 5) is 33.4. The first-order chi connectivity index (χ1) is 14.0. The maximum Gasteiger partial charge on any atom is 0.256 e. The molecule has 1 aromatic heterocycles. The molecule has 1 saturated heterocycles. The average molecular weight is 393 g/mol. The number of anilines is 2. The third kappa shape index (κ3) is 4.10. The maximum atomic E-state index is 12.4. The molecule has 2 aromatic rings. The first kappa shape index (κ1) is 19.4. The van der Waals surface area contributed by atoms with Crippen LogP contribution in [-0.4, -0.2) is 47.9 Å². The molecule has 2 aliphatic heterocycles. The number of likely N-dealkylation sites (tertiary alicyclic amines) is 1. The summed E-state index contributed by atoms with van der Waals surface area (Å²) in [5, 5.41) is 5.99. The van der Waals surface area contributed by atoms with Gasteiger partial charge in [-0.3, -0.25) is 14.5 Å². The van der Waals surface area contributed by atoms with E-state index in [0.29, 0.717) is 24.0 Å². The highest BCUT2D eigenvalue weighted by molar-refractivity contribution is 6.01. The number of piperidine rings is 1. The minimum atomic E-state index is -0.302. The van der Waals surface area contributed by atoms with Crippen LogP contribution in [0.2, 0.25) is 0 Å². The lowest BCUT2D eigenvalue weighted by molar-refractivity contribution is -0.118. The summed E-state index contributed by atoms with van der Waals surface area (Å²) < 4.78 is 0. The minimum Gasteiger partial charge on any atom is -0.335 e. The first-order valence-electron chi connectivity index (χ1n) is 10.2. The molecule has 0 aliphatic carbocycles. The molecule has 2 aliphatic rings. The normalized spacial score (nSPS) is 22.0. The number of hydrogen-bond donors (Lipinski definition) is 2. The Labute approximate surface area is 171 Å². The zero-order valence-corrected chi connectivity index (χ0v) is 16.9. The fourth-order valence-corrected chi connectivity index (χ4v) is 4.11. The van der Waals surface area contributed by atoms with Gasteiger partial charge in [0.05, 0.1) is 12.1 Å². The van der Waals surface area contributed by atoms with Crippen molar-refractivity contribution in [1.29, 1.82) is 0 Å². The Morgan fingerprint density at radius 1 is 1.24 bits per heavy atom. The molecule has 2 amide bonds. The second-order valence-electron chi connectivity index (χ2n) is 7.85. The Bertz CT molecular complexity index is 898. The molecule has 0 unspecified atom stereocenters. The summed E-state index contributed by atoms with van der Waals surface area (Å²) >= 11 is 0. The number of aromatic nitrogens is 1. The fourth-order valence-electron chi connectivity index (χ4n) is 4.11. The van der Waals surface area contributed by atoms with Crippen molar-refractivity contribution in [2.45, 2.75) is 38.4 Å². The molecule has 2 atom stereocenters. The van der Waals surface area contributed by atoms with E-state index in [0.717, 1.165) is 30.6 Å². The van der Waals surface area contributed by atoms with E-state index in [1.54, 1.807) is 18.3 Å². The van der Waals surface area contributed by atoms with E-state index in [1.807, 2.05) is 36.2 Å². The SMILES string of the molecule is C[C@H]1CCCCN1CC(=O)Nc1ccc([C@@H]2NC(=O)c3cccnc3N2C)cc1. The molecule has 29 heavy (non-hydrogen) atoms. The van der Waals surface area contributed by atoms with Crippen molar-refractivity contribution in [3.05, 3.63) is 53.7 Å². The number of pyridine rings is 1. The van der Waals surface area contributed by atoms with E-state index in [9.17, 15) is 9.59 Å². The van der Waals surface area contributed by atoms with Crippen LogP contribution < -0.4 is 15.5 Å². The lowest BCUT2D eigenvalue weighted by Gasteiger charge is -2.35. The Morgan fingerprint density at radius 2 is 2.03 bits per heavy atom. The fraction of sp³-hybridized carbons (Fsp3) is 0.409. The Hall–Kier alpha value is -2.93. The van der Waals surface area contributed by atoms with E-state index >= 15 is 0 Å². The Morgan fingerprint density at radius 3 is 2.79 bits per heavy atom. The Balaban J connectivity index is 1.42. The van der Waals surface area contributed by atoms with Gasteiger partial charge in [0.25, 0.3) is 5.91 Å². The predicted octanol–water partition coefficient (Wildman–Crippen LogP) is 2.77. The molecule has 1 fully saturated rings. The molecule has 7 nitrogen and oxygen atoms in total. The summed E-state index contributed by atoms with van der Waals surface area (Å²) in [6.07, 6.45) is 4.94. The van der Waals surface area contributed by atoms with Gasteiger partial charge in [0.15, 0.2) is 0 Å². The van der Waals surface area contributed by atoms with Gasteiger partial charge in [-0.15, -0.1) is 0 Å². The molecule has 1 aromatic carbocycles. The van der Waals surface area contributed by atoms with Crippen LogP contribution in [-0.2, 0) is 4.79 Å². The van der Waals surface area contributed by atoms with Crippen LogP contribution in [0.1, 0.15) is 48.3 Å². The number of carbonyl (C=O) groups is 2. The van der Waals surface area contributed by atoms with Crippen LogP contribution in [0.5, 0.6) is 0 Å². The molecular formula is C22H27N5O2. The predicted molar refractivity (Wildman–Crippen MR) is 113 cm³/mol. The van der Waals surface area contributed by atoms with Gasteiger partial charge in [-0.1, -0.05) is 18.6 Å². The van der Waals surface area contributed by atoms with Crippen LogP contribution in [0.3, 0.4) is 0 Å². The third-order valence-corrected chi connectivity index (χ3v) is 5.82. The molecule has 2 N–H and O–H groups in total. The van der Waals surface area contributed by atoms with Gasteiger partial charge in [0.1, 0.15) is 12.0 Å². The van der Waals surface area contributed by atoms with E-state index in [4.69, 9.17) is 0 Å². The molecule has 152 valence electrons. The molecular weight excluding hydrogens is 366 g/mol. The third-order valence-electron chi connectivity index (χ3n) is 5.82. The molecule has 0 spiro atoms. The van der Waals surface area contributed by atoms with Crippen molar-refractivity contribution in [3.63, 3.8) is 0 Å². The summed E-state index contributed by atoms with van der Waals surface area (Å²) in [6.45, 7) is 3.59. The summed E-state index contributed by atoms with van der Waals surface area (Å²) in [5.74, 6) is 0.534. The van der Waals surface area contributed by atoms with Crippen molar-refractivity contribution in [2.24, 2.45) is 0 Å². The second-order valence-corrected chi connectivity index (χ2v) is 7.85. The van der Waals surface area contributed by atoms with Crippen molar-refractivity contribution >= 4 is 23.3 Å². The highest BCUT2D eigenvalue weighted by Crippen LogP contribution is 2.30. The largest absolute Gasteiger partial charge is 0.335 e. The number of nitrogens with zero attached hydrogens (tertiary/aromatic N) is 3. The standard InChI is InChI=1S/C22H27N5O2/c1-15-6-3-4-13-27(15)14-19(28)24-17-10-8-16(9-11-17)20-25-22(29)18-7-5-12-23-21(18)26(20)2/h5,7-12,15,20H,3-4,6,13-14H2,1-2H3,(H,24,28)(H,25,29)/t15-,20+/m0/s1. The van der Waals surface area contributed by atoms with Gasteiger partial charge in [0.2, 0.25) is 5.91 Å². The van der Waals surface area contributed by atoms with Gasteiger partial charge in [-0.25, -0.2) is 4.98 Å². The molecule has 3 heterocycles. The zero-order valence-electron chi connectivity index (χ0n) is 16.9. The van der Waals surface area contributed by atoms with E-state index in [-0.39, 0.29) is 18.0 Å². The Kier molecular flexibility index (Phi) is 5.49. The number of carbonyl (C=O) groups excluding carboxylic acids is 2. The van der Waals surface area contributed by atoms with Gasteiger partial charge in [0, 0.05) is 25.0 Å². The number of nitrogens with one attached hydrogen (secondary N) is 2. The lowest BCUT2D eigenvalue weighted by Crippen LogP contribution is -2.45. The number of amides is 2. The monoisotopic (exact) mass is 393 g/mol. The molecule has 0 saturated carbocycles. The topological polar surface area (TPSA) is 77.6 Å². The lowest BCUT2D eigenvalue weighted by atomic mass is 10.0. The number of fused-ring (bicyclic) bond motifs is 1. The van der Waals surface area contributed by atoms with E-state index in [1.165, 1.54) is 6.42 Å². The van der Waals surface area contributed by atoms with Gasteiger partial charge in [-0.05, 0) is 56.1 Å². The second kappa shape index (κ2) is 8.21. The maximum absolute atomic E-state index is 12.4. The molecule has 7 heteroatoms. The zero-order chi connectivity index (χ0) is 20.4. The van der Waals surface area contributed by atoms with E-state index in [2.05, 4.69) is 27.4 Å². The molecule has 0 bridgehead atoms. The van der Waals surface area contributed by atoms with Crippen LogP contribution in [0, 0.1) is 0 Å². The highest BCUT2D eigenvalue weighted by atomic mass is 16.2. The van der Waals surface area contributed by atoms with Crippen molar-refractivity contribution in [1.82, 2.24) is 15.2 Å². The molecule has 0 radical (unpaired) electrons. The number of benzene rings is 1. The van der Waals surface area contributed by atoms with Crippen LogP contribution in [0.15, 0.2) is 42.6 Å². The van der Waals surface area contributed by atoms with Crippen molar-refractivity contribution < 1.29 is 9.59 Å². The van der Waals surface area contributed by atoms with E-state index < -0.39 is 0 Å². The minimum absolute atomic E-state index is 0.00714. The van der Waals surface area contributed by atoms with Gasteiger partial charge < -0.3 is 15.5 Å². The average Bonchev–Trinajstić information content (AvgIpc) is 2.73. The smallest absolute Gasteiger partial charge is 0.256 e. The van der Waals surface area contributed by atoms with Crippen molar-refractivity contribution in [2.75, 3.05) is 30.4 Å². The number of rotatable bonds is 4. The summed E-state index contributed by atoms with van der Waals surface area (Å²) in [7, 11) is 1.91. The quantitative estimate of drug-likeness (QED) is 0.835. The van der Waals surface area contributed by atoms with Gasteiger partial charge >= 0.3 is 0 Å². The van der Waals surface area contributed by atoms with Crippen molar-refractivity contribution in [3.8, 4) is 0 Å². The first-order valence-corrected chi connectivity index (χ1v) is 10.2. The van der Waals surface area contributed by atoms with Crippen LogP contribution in [0.25, 0.3) is 0 Å². The number of hydrogen-bond acceptors (Lipinski definition) is 5. The van der Waals surface area contributed by atoms with Crippen LogP contribution in [0.4, 0.5) is 11.5 Å². The summed E-state index contributed by atoms with van der Waals surface area (Å²) in [6, 6.07) is 11.6. The van der Waals surface area contributed by atoms with Gasteiger partial charge in [-0.2, -0.15) is 0 Å². The highest BCUT2D eigenvalue weighted by Gasteiger charge is 2.30. The van der Waals surface area contributed by atoms with Crippen LogP contribution >= 0.6 is 0 Å². The molecule has 4 rings (SSSR count).